The van der Waals surface area contributed by atoms with Gasteiger partial charge in [0.1, 0.15) is 0 Å². The van der Waals surface area contributed by atoms with E-state index in [9.17, 15) is 0 Å². The van der Waals surface area contributed by atoms with Gasteiger partial charge in [-0.1, -0.05) is 17.7 Å². The molecule has 0 heterocycles. The van der Waals surface area contributed by atoms with Crippen molar-refractivity contribution >= 4 is 17.3 Å². The largest absolute Gasteiger partial charge is 0.376 e. The predicted octanol–water partition coefficient (Wildman–Crippen LogP) is 2.43. The number of hydrogen-bond acceptors (Lipinski definition) is 2. The number of nitrogens with zero attached hydrogens (tertiary/aromatic N) is 1. The molecule has 72 valence electrons. The van der Waals surface area contributed by atoms with Crippen LogP contribution < -0.4 is 10.6 Å². The minimum atomic E-state index is 0.0518. The molecule has 0 fully saturated rings. The lowest BCUT2D eigenvalue weighted by Gasteiger charge is -2.16. The average Bonchev–Trinajstić information content (AvgIpc) is 2.04. The summed E-state index contributed by atoms with van der Waals surface area (Å²) in [5.74, 6) is 0. The Morgan fingerprint density at radius 3 is 2.46 bits per heavy atom. The number of benzene rings is 1. The van der Waals surface area contributed by atoms with Crippen LogP contribution in [0.1, 0.15) is 18.5 Å². The second-order valence-electron chi connectivity index (χ2n) is 3.39. The lowest BCUT2D eigenvalue weighted by Crippen LogP contribution is -2.11. The van der Waals surface area contributed by atoms with Gasteiger partial charge >= 0.3 is 0 Å². The molecule has 0 aliphatic heterocycles. The summed E-state index contributed by atoms with van der Waals surface area (Å²) in [5.41, 5.74) is 7.89. The van der Waals surface area contributed by atoms with Crippen LogP contribution >= 0.6 is 11.6 Å². The van der Waals surface area contributed by atoms with Crippen molar-refractivity contribution < 1.29 is 0 Å². The van der Waals surface area contributed by atoms with E-state index in [1.807, 2.05) is 44.1 Å². The Morgan fingerprint density at radius 1 is 1.38 bits per heavy atom. The van der Waals surface area contributed by atoms with Crippen molar-refractivity contribution in [1.29, 1.82) is 0 Å². The maximum absolute atomic E-state index is 6.01. The molecule has 13 heavy (non-hydrogen) atoms. The SMILES string of the molecule is CC(N)c1ccc(Cl)c(N(C)C)c1. The maximum Gasteiger partial charge on any atom is 0.0639 e. The molecule has 0 aliphatic carbocycles. The normalized spacial score (nSPS) is 12.7. The highest BCUT2D eigenvalue weighted by Gasteiger charge is 2.05. The lowest BCUT2D eigenvalue weighted by molar-refractivity contribution is 0.817. The van der Waals surface area contributed by atoms with E-state index in [0.717, 1.165) is 16.3 Å². The third-order valence-electron chi connectivity index (χ3n) is 1.98. The first kappa shape index (κ1) is 10.4. The van der Waals surface area contributed by atoms with Crippen molar-refractivity contribution in [3.05, 3.63) is 28.8 Å². The Morgan fingerprint density at radius 2 is 2.00 bits per heavy atom. The zero-order valence-electron chi connectivity index (χ0n) is 8.21. The number of hydrogen-bond donors (Lipinski definition) is 1. The van der Waals surface area contributed by atoms with Gasteiger partial charge in [0.25, 0.3) is 0 Å². The molecule has 1 aromatic carbocycles. The summed E-state index contributed by atoms with van der Waals surface area (Å²) in [6.45, 7) is 1.96. The quantitative estimate of drug-likeness (QED) is 0.791. The summed E-state index contributed by atoms with van der Waals surface area (Å²) >= 11 is 6.01. The van der Waals surface area contributed by atoms with Crippen LogP contribution in [0.15, 0.2) is 18.2 Å². The van der Waals surface area contributed by atoms with Gasteiger partial charge in [-0.2, -0.15) is 0 Å². The second kappa shape index (κ2) is 3.99. The van der Waals surface area contributed by atoms with E-state index >= 15 is 0 Å². The number of anilines is 1. The molecule has 0 spiro atoms. The Balaban J connectivity index is 3.11. The number of rotatable bonds is 2. The standard InChI is InChI=1S/C10H15ClN2/c1-7(12)8-4-5-9(11)10(6-8)13(2)3/h4-7H,12H2,1-3H3. The molecule has 1 unspecified atom stereocenters. The first-order chi connectivity index (χ1) is 6.02. The predicted molar refractivity (Wildman–Crippen MR) is 58.4 cm³/mol. The molecular formula is C10H15ClN2. The van der Waals surface area contributed by atoms with Gasteiger partial charge in [0.15, 0.2) is 0 Å². The van der Waals surface area contributed by atoms with Crippen LogP contribution in [0, 0.1) is 0 Å². The third kappa shape index (κ3) is 2.36. The zero-order valence-corrected chi connectivity index (χ0v) is 8.97. The van der Waals surface area contributed by atoms with Gasteiger partial charge in [-0.25, -0.2) is 0 Å². The summed E-state index contributed by atoms with van der Waals surface area (Å²) in [5, 5.41) is 0.759. The fourth-order valence-corrected chi connectivity index (χ4v) is 1.44. The minimum absolute atomic E-state index is 0.0518. The Bertz CT molecular complexity index is 295. The summed E-state index contributed by atoms with van der Waals surface area (Å²) < 4.78 is 0. The van der Waals surface area contributed by atoms with E-state index in [1.54, 1.807) is 0 Å². The molecule has 0 radical (unpaired) electrons. The molecule has 1 atom stereocenters. The third-order valence-corrected chi connectivity index (χ3v) is 2.30. The van der Waals surface area contributed by atoms with Crippen LogP contribution in [0.25, 0.3) is 0 Å². The van der Waals surface area contributed by atoms with Gasteiger partial charge in [-0.3, -0.25) is 0 Å². The summed E-state index contributed by atoms with van der Waals surface area (Å²) in [6.07, 6.45) is 0. The second-order valence-corrected chi connectivity index (χ2v) is 3.80. The van der Waals surface area contributed by atoms with E-state index in [1.165, 1.54) is 0 Å². The van der Waals surface area contributed by atoms with Gasteiger partial charge in [0, 0.05) is 20.1 Å². The first-order valence-corrected chi connectivity index (χ1v) is 4.62. The monoisotopic (exact) mass is 198 g/mol. The molecule has 1 aromatic rings. The Hall–Kier alpha value is -0.730. The van der Waals surface area contributed by atoms with Crippen molar-refractivity contribution in [2.24, 2.45) is 5.73 Å². The molecule has 2 nitrogen and oxygen atoms in total. The van der Waals surface area contributed by atoms with Crippen LogP contribution in [0.3, 0.4) is 0 Å². The smallest absolute Gasteiger partial charge is 0.0639 e. The van der Waals surface area contributed by atoms with Crippen LogP contribution in [0.4, 0.5) is 5.69 Å². The molecule has 0 amide bonds. The van der Waals surface area contributed by atoms with E-state index < -0.39 is 0 Å². The van der Waals surface area contributed by atoms with Crippen LogP contribution in [-0.2, 0) is 0 Å². The van der Waals surface area contributed by atoms with E-state index in [4.69, 9.17) is 17.3 Å². The molecule has 0 aromatic heterocycles. The molecule has 0 saturated carbocycles. The maximum atomic E-state index is 6.01. The van der Waals surface area contributed by atoms with Gasteiger partial charge in [0.05, 0.1) is 10.7 Å². The number of halogens is 1. The van der Waals surface area contributed by atoms with E-state index in [2.05, 4.69) is 0 Å². The average molecular weight is 199 g/mol. The van der Waals surface area contributed by atoms with Crippen molar-refractivity contribution in [2.75, 3.05) is 19.0 Å². The van der Waals surface area contributed by atoms with E-state index in [-0.39, 0.29) is 6.04 Å². The first-order valence-electron chi connectivity index (χ1n) is 4.24. The highest BCUT2D eigenvalue weighted by atomic mass is 35.5. The van der Waals surface area contributed by atoms with Gasteiger partial charge in [-0.15, -0.1) is 0 Å². The Labute approximate surface area is 84.3 Å². The van der Waals surface area contributed by atoms with Crippen molar-refractivity contribution in [2.45, 2.75) is 13.0 Å². The van der Waals surface area contributed by atoms with Crippen molar-refractivity contribution in [3.8, 4) is 0 Å². The molecule has 2 N–H and O–H groups in total. The summed E-state index contributed by atoms with van der Waals surface area (Å²) in [7, 11) is 3.93. The van der Waals surface area contributed by atoms with Crippen molar-refractivity contribution in [1.82, 2.24) is 0 Å². The zero-order chi connectivity index (χ0) is 10.0. The Kier molecular flexibility index (Phi) is 3.17. The topological polar surface area (TPSA) is 29.3 Å². The molecule has 0 saturated heterocycles. The van der Waals surface area contributed by atoms with Crippen LogP contribution in [-0.4, -0.2) is 14.1 Å². The van der Waals surface area contributed by atoms with Gasteiger partial charge < -0.3 is 10.6 Å². The molecule has 0 bridgehead atoms. The fourth-order valence-electron chi connectivity index (χ4n) is 1.16. The molecular weight excluding hydrogens is 184 g/mol. The van der Waals surface area contributed by atoms with Gasteiger partial charge in [-0.05, 0) is 24.6 Å². The van der Waals surface area contributed by atoms with E-state index in [0.29, 0.717) is 0 Å². The molecule has 0 aliphatic rings. The fraction of sp³-hybridized carbons (Fsp3) is 0.400. The highest BCUT2D eigenvalue weighted by molar-refractivity contribution is 6.33. The van der Waals surface area contributed by atoms with Crippen LogP contribution in [0.2, 0.25) is 5.02 Å². The summed E-state index contributed by atoms with van der Waals surface area (Å²) in [6, 6.07) is 5.92. The van der Waals surface area contributed by atoms with Gasteiger partial charge in [0.2, 0.25) is 0 Å². The molecule has 1 rings (SSSR count). The lowest BCUT2D eigenvalue weighted by atomic mass is 10.1. The minimum Gasteiger partial charge on any atom is -0.376 e. The van der Waals surface area contributed by atoms with Crippen molar-refractivity contribution in [3.63, 3.8) is 0 Å². The summed E-state index contributed by atoms with van der Waals surface area (Å²) in [4.78, 5) is 1.98. The number of nitrogens with two attached hydrogens (primary N) is 1. The van der Waals surface area contributed by atoms with Crippen LogP contribution in [0.5, 0.6) is 0 Å². The highest BCUT2D eigenvalue weighted by Crippen LogP contribution is 2.26. The molecule has 3 heteroatoms.